The average molecular weight is 303 g/mol. The summed E-state index contributed by atoms with van der Waals surface area (Å²) in [5, 5.41) is 16.9. The molecule has 104 valence electrons. The zero-order chi connectivity index (χ0) is 13.8. The second-order valence-electron chi connectivity index (χ2n) is 4.58. The fraction of sp³-hybridized carbons (Fsp3) is 0.462. The monoisotopic (exact) mass is 302 g/mol. The van der Waals surface area contributed by atoms with Crippen LogP contribution in [0.5, 0.6) is 0 Å². The van der Waals surface area contributed by atoms with E-state index >= 15 is 0 Å². The van der Waals surface area contributed by atoms with Crippen LogP contribution in [0.1, 0.15) is 24.5 Å². The molecule has 0 aliphatic carbocycles. The van der Waals surface area contributed by atoms with Gasteiger partial charge in [-0.05, 0) is 31.0 Å². The van der Waals surface area contributed by atoms with Crippen molar-refractivity contribution in [3.05, 3.63) is 33.8 Å². The van der Waals surface area contributed by atoms with Crippen LogP contribution in [0, 0.1) is 0 Å². The van der Waals surface area contributed by atoms with Gasteiger partial charge in [-0.3, -0.25) is 4.79 Å². The predicted molar refractivity (Wildman–Crippen MR) is 75.5 cm³/mol. The topological polar surface area (TPSA) is 61.4 Å². The Bertz CT molecular complexity index is 468. The number of aliphatic hydroxyl groups excluding tert-OH is 1. The van der Waals surface area contributed by atoms with E-state index in [1.165, 1.54) is 0 Å². The molecule has 2 unspecified atom stereocenters. The van der Waals surface area contributed by atoms with Gasteiger partial charge in [0.05, 0.1) is 12.1 Å². The zero-order valence-electron chi connectivity index (χ0n) is 10.3. The minimum atomic E-state index is -0.791. The van der Waals surface area contributed by atoms with Crippen molar-refractivity contribution in [1.82, 2.24) is 10.6 Å². The van der Waals surface area contributed by atoms with Gasteiger partial charge in [-0.1, -0.05) is 23.2 Å². The molecule has 1 aromatic rings. The average Bonchev–Trinajstić information content (AvgIpc) is 2.40. The summed E-state index contributed by atoms with van der Waals surface area (Å²) in [7, 11) is 0. The second-order valence-corrected chi connectivity index (χ2v) is 5.42. The molecule has 1 aliphatic rings. The first-order valence-corrected chi connectivity index (χ1v) is 6.97. The van der Waals surface area contributed by atoms with Crippen molar-refractivity contribution in [3.63, 3.8) is 0 Å². The number of nitrogens with one attached hydrogen (secondary N) is 2. The van der Waals surface area contributed by atoms with Crippen LogP contribution in [-0.2, 0) is 4.79 Å². The molecule has 2 atom stereocenters. The van der Waals surface area contributed by atoms with E-state index in [1.807, 2.05) is 0 Å². The molecule has 1 aliphatic heterocycles. The maximum absolute atomic E-state index is 11.6. The molecule has 1 aromatic carbocycles. The molecule has 6 heteroatoms. The van der Waals surface area contributed by atoms with E-state index in [4.69, 9.17) is 23.2 Å². The summed E-state index contributed by atoms with van der Waals surface area (Å²) in [5.74, 6) is -0.0179. The summed E-state index contributed by atoms with van der Waals surface area (Å²) >= 11 is 11.9. The third-order valence-electron chi connectivity index (χ3n) is 3.16. The van der Waals surface area contributed by atoms with Gasteiger partial charge in [0.1, 0.15) is 0 Å². The Morgan fingerprint density at radius 3 is 3.00 bits per heavy atom. The van der Waals surface area contributed by atoms with E-state index in [1.54, 1.807) is 18.2 Å². The first-order valence-electron chi connectivity index (χ1n) is 6.22. The normalized spacial score (nSPS) is 21.0. The van der Waals surface area contributed by atoms with E-state index < -0.39 is 6.10 Å². The molecule has 0 saturated carbocycles. The molecule has 19 heavy (non-hydrogen) atoms. The highest BCUT2D eigenvalue weighted by Gasteiger charge is 2.22. The zero-order valence-corrected chi connectivity index (χ0v) is 11.8. The molecule has 0 radical (unpaired) electrons. The molecule has 1 saturated heterocycles. The van der Waals surface area contributed by atoms with E-state index in [-0.39, 0.29) is 18.5 Å². The molecular weight excluding hydrogens is 287 g/mol. The van der Waals surface area contributed by atoms with Gasteiger partial charge in [0.2, 0.25) is 5.91 Å². The highest BCUT2D eigenvalue weighted by Crippen LogP contribution is 2.26. The van der Waals surface area contributed by atoms with Crippen LogP contribution in [0.4, 0.5) is 0 Å². The Kier molecular flexibility index (Phi) is 5.05. The number of halogens is 2. The van der Waals surface area contributed by atoms with Crippen molar-refractivity contribution >= 4 is 29.1 Å². The van der Waals surface area contributed by atoms with E-state index in [2.05, 4.69) is 10.6 Å². The number of hydrogen-bond donors (Lipinski definition) is 3. The number of benzene rings is 1. The molecule has 0 aromatic heterocycles. The Balaban J connectivity index is 1.95. The SMILES string of the molecule is O=C1NCCCC1NCC(O)c1cc(Cl)ccc1Cl. The highest BCUT2D eigenvalue weighted by molar-refractivity contribution is 6.33. The maximum Gasteiger partial charge on any atom is 0.237 e. The van der Waals surface area contributed by atoms with Crippen LogP contribution in [-0.4, -0.2) is 30.1 Å². The Hall–Kier alpha value is -0.810. The third-order valence-corrected chi connectivity index (χ3v) is 3.74. The van der Waals surface area contributed by atoms with Crippen molar-refractivity contribution in [1.29, 1.82) is 0 Å². The van der Waals surface area contributed by atoms with Crippen molar-refractivity contribution in [2.24, 2.45) is 0 Å². The largest absolute Gasteiger partial charge is 0.387 e. The first-order chi connectivity index (χ1) is 9.08. The van der Waals surface area contributed by atoms with Crippen LogP contribution in [0.15, 0.2) is 18.2 Å². The lowest BCUT2D eigenvalue weighted by atomic mass is 10.1. The van der Waals surface area contributed by atoms with E-state index in [9.17, 15) is 9.90 Å². The number of aliphatic hydroxyl groups is 1. The lowest BCUT2D eigenvalue weighted by molar-refractivity contribution is -0.124. The quantitative estimate of drug-likeness (QED) is 0.796. The lowest BCUT2D eigenvalue weighted by Gasteiger charge is -2.24. The summed E-state index contributed by atoms with van der Waals surface area (Å²) in [6.45, 7) is 0.984. The van der Waals surface area contributed by atoms with Crippen LogP contribution < -0.4 is 10.6 Å². The molecule has 2 rings (SSSR count). The van der Waals surface area contributed by atoms with E-state index in [0.717, 1.165) is 19.4 Å². The fourth-order valence-electron chi connectivity index (χ4n) is 2.10. The smallest absolute Gasteiger partial charge is 0.237 e. The van der Waals surface area contributed by atoms with Gasteiger partial charge in [0.15, 0.2) is 0 Å². The molecule has 0 bridgehead atoms. The van der Waals surface area contributed by atoms with Crippen molar-refractivity contribution in [3.8, 4) is 0 Å². The van der Waals surface area contributed by atoms with Gasteiger partial charge in [-0.15, -0.1) is 0 Å². The molecule has 4 nitrogen and oxygen atoms in total. The highest BCUT2D eigenvalue weighted by atomic mass is 35.5. The van der Waals surface area contributed by atoms with Crippen LogP contribution in [0.3, 0.4) is 0 Å². The maximum atomic E-state index is 11.6. The lowest BCUT2D eigenvalue weighted by Crippen LogP contribution is -2.49. The van der Waals surface area contributed by atoms with Gasteiger partial charge in [-0.25, -0.2) is 0 Å². The summed E-state index contributed by atoms with van der Waals surface area (Å²) in [5.41, 5.74) is 0.567. The van der Waals surface area contributed by atoms with Crippen molar-refractivity contribution < 1.29 is 9.90 Å². The summed E-state index contributed by atoms with van der Waals surface area (Å²) in [6.07, 6.45) is 0.931. The molecule has 1 heterocycles. The number of amides is 1. The van der Waals surface area contributed by atoms with Gasteiger partial charge < -0.3 is 15.7 Å². The van der Waals surface area contributed by atoms with Gasteiger partial charge in [-0.2, -0.15) is 0 Å². The Morgan fingerprint density at radius 2 is 2.26 bits per heavy atom. The number of carbonyl (C=O) groups is 1. The summed E-state index contributed by atoms with van der Waals surface area (Å²) < 4.78 is 0. The molecule has 0 spiro atoms. The minimum absolute atomic E-state index is 0.0179. The van der Waals surface area contributed by atoms with Crippen molar-refractivity contribution in [2.45, 2.75) is 25.0 Å². The Labute approximate surface area is 122 Å². The van der Waals surface area contributed by atoms with E-state index in [0.29, 0.717) is 15.6 Å². The number of carbonyl (C=O) groups excluding carboxylic acids is 1. The predicted octanol–water partition coefficient (Wildman–Crippen LogP) is 1.90. The molecular formula is C13H16Cl2N2O2. The first kappa shape index (κ1) is 14.6. The van der Waals surface area contributed by atoms with Gasteiger partial charge >= 0.3 is 0 Å². The van der Waals surface area contributed by atoms with Gasteiger partial charge in [0, 0.05) is 28.7 Å². The van der Waals surface area contributed by atoms with Crippen LogP contribution >= 0.6 is 23.2 Å². The fourth-order valence-corrected chi connectivity index (χ4v) is 2.52. The standard InChI is InChI=1S/C13H16Cl2N2O2/c14-8-3-4-10(15)9(6-8)12(18)7-17-11-2-1-5-16-13(11)19/h3-4,6,11-12,17-18H,1-2,5,7H2,(H,16,19). The summed E-state index contributed by atoms with van der Waals surface area (Å²) in [4.78, 5) is 11.6. The number of rotatable bonds is 4. The molecule has 1 fully saturated rings. The summed E-state index contributed by atoms with van der Waals surface area (Å²) in [6, 6.07) is 4.70. The second kappa shape index (κ2) is 6.57. The minimum Gasteiger partial charge on any atom is -0.387 e. The van der Waals surface area contributed by atoms with Crippen LogP contribution in [0.25, 0.3) is 0 Å². The number of hydrogen-bond acceptors (Lipinski definition) is 3. The third kappa shape index (κ3) is 3.83. The van der Waals surface area contributed by atoms with Crippen molar-refractivity contribution in [2.75, 3.05) is 13.1 Å². The van der Waals surface area contributed by atoms with Gasteiger partial charge in [0.25, 0.3) is 0 Å². The Morgan fingerprint density at radius 1 is 1.47 bits per heavy atom. The molecule has 3 N–H and O–H groups in total. The molecule has 1 amide bonds. The number of piperidine rings is 1. The van der Waals surface area contributed by atoms with Crippen LogP contribution in [0.2, 0.25) is 10.0 Å².